The number of rotatable bonds is 11. The van der Waals surface area contributed by atoms with E-state index < -0.39 is 6.04 Å². The van der Waals surface area contributed by atoms with E-state index in [1.165, 1.54) is 4.90 Å². The van der Waals surface area contributed by atoms with Crippen LogP contribution in [-0.2, 0) is 22.6 Å². The first-order valence-corrected chi connectivity index (χ1v) is 12.4. The molecule has 1 N–H and O–H groups in total. The Morgan fingerprint density at radius 1 is 0.943 bits per heavy atom. The number of hydrogen-bond donors (Lipinski definition) is 1. The standard InChI is InChI=1S/C27H27Cl3N2O3/c1-2-14-31-27(34)25(15-19-8-4-3-5-9-19)32(17-22-23(29)12-7-13-24(22)30)26(33)18-35-21-11-6-10-20(28)16-21/h3-13,16,25H,2,14-15,17-18H2,1H3,(H,31,34)/t25-/m1/s1. The van der Waals surface area contributed by atoms with Gasteiger partial charge < -0.3 is 15.0 Å². The maximum atomic E-state index is 13.5. The van der Waals surface area contributed by atoms with Gasteiger partial charge in [-0.05, 0) is 42.3 Å². The molecule has 2 amide bonds. The molecule has 0 saturated heterocycles. The van der Waals surface area contributed by atoms with E-state index in [1.54, 1.807) is 42.5 Å². The predicted molar refractivity (Wildman–Crippen MR) is 141 cm³/mol. The zero-order chi connectivity index (χ0) is 25.2. The number of nitrogens with zero attached hydrogens (tertiary/aromatic N) is 1. The van der Waals surface area contributed by atoms with E-state index in [9.17, 15) is 9.59 Å². The summed E-state index contributed by atoms with van der Waals surface area (Å²) in [6.07, 6.45) is 1.09. The first kappa shape index (κ1) is 26.9. The lowest BCUT2D eigenvalue weighted by atomic mass is 10.0. The molecule has 0 spiro atoms. The summed E-state index contributed by atoms with van der Waals surface area (Å²) in [6.45, 7) is 2.23. The summed E-state index contributed by atoms with van der Waals surface area (Å²) in [4.78, 5) is 28.3. The van der Waals surface area contributed by atoms with Crippen molar-refractivity contribution in [3.63, 3.8) is 0 Å². The average molecular weight is 534 g/mol. The molecule has 0 saturated carbocycles. The summed E-state index contributed by atoms with van der Waals surface area (Å²) >= 11 is 18.9. The van der Waals surface area contributed by atoms with Crippen LogP contribution in [0.4, 0.5) is 0 Å². The molecule has 3 aromatic carbocycles. The summed E-state index contributed by atoms with van der Waals surface area (Å²) in [6, 6.07) is 20.7. The molecule has 0 aliphatic rings. The van der Waals surface area contributed by atoms with Gasteiger partial charge in [-0.15, -0.1) is 0 Å². The van der Waals surface area contributed by atoms with Gasteiger partial charge in [-0.2, -0.15) is 0 Å². The van der Waals surface area contributed by atoms with Crippen molar-refractivity contribution in [2.45, 2.75) is 32.4 Å². The molecular weight excluding hydrogens is 507 g/mol. The average Bonchev–Trinajstić information content (AvgIpc) is 2.85. The molecule has 0 aliphatic heterocycles. The molecule has 0 unspecified atom stereocenters. The summed E-state index contributed by atoms with van der Waals surface area (Å²) in [7, 11) is 0. The van der Waals surface area contributed by atoms with Crippen molar-refractivity contribution >= 4 is 46.6 Å². The van der Waals surface area contributed by atoms with Crippen LogP contribution >= 0.6 is 34.8 Å². The smallest absolute Gasteiger partial charge is 0.261 e. The molecule has 0 bridgehead atoms. The number of hydrogen-bond acceptors (Lipinski definition) is 3. The first-order chi connectivity index (χ1) is 16.9. The summed E-state index contributed by atoms with van der Waals surface area (Å²) in [5, 5.41) is 4.25. The minimum absolute atomic E-state index is 0.0489. The second-order valence-corrected chi connectivity index (χ2v) is 9.22. The normalized spacial score (nSPS) is 11.5. The highest BCUT2D eigenvalue weighted by Gasteiger charge is 2.31. The van der Waals surface area contributed by atoms with Gasteiger partial charge in [0.25, 0.3) is 5.91 Å². The van der Waals surface area contributed by atoms with Crippen LogP contribution in [-0.4, -0.2) is 35.9 Å². The van der Waals surface area contributed by atoms with Gasteiger partial charge in [-0.3, -0.25) is 9.59 Å². The third kappa shape index (κ3) is 7.89. The van der Waals surface area contributed by atoms with Crippen molar-refractivity contribution in [2.75, 3.05) is 13.2 Å². The molecule has 0 aliphatic carbocycles. The zero-order valence-corrected chi connectivity index (χ0v) is 21.6. The Hall–Kier alpha value is -2.73. The zero-order valence-electron chi connectivity index (χ0n) is 19.3. The molecule has 0 heterocycles. The van der Waals surface area contributed by atoms with E-state index in [4.69, 9.17) is 39.5 Å². The Bertz CT molecular complexity index is 1120. The van der Waals surface area contributed by atoms with Gasteiger partial charge in [0.15, 0.2) is 6.61 Å². The van der Waals surface area contributed by atoms with E-state index in [0.717, 1.165) is 12.0 Å². The second-order valence-electron chi connectivity index (χ2n) is 7.96. The lowest BCUT2D eigenvalue weighted by Gasteiger charge is -2.32. The molecule has 35 heavy (non-hydrogen) atoms. The lowest BCUT2D eigenvalue weighted by molar-refractivity contribution is -0.142. The van der Waals surface area contributed by atoms with E-state index in [-0.39, 0.29) is 25.0 Å². The second kappa shape index (κ2) is 13.4. The van der Waals surface area contributed by atoms with Crippen LogP contribution in [0.25, 0.3) is 0 Å². The Morgan fingerprint density at radius 2 is 1.63 bits per heavy atom. The highest BCUT2D eigenvalue weighted by molar-refractivity contribution is 6.36. The number of carbonyl (C=O) groups excluding carboxylic acids is 2. The minimum atomic E-state index is -0.799. The van der Waals surface area contributed by atoms with Gasteiger partial charge in [0.1, 0.15) is 11.8 Å². The maximum Gasteiger partial charge on any atom is 0.261 e. The van der Waals surface area contributed by atoms with E-state index in [1.807, 2.05) is 37.3 Å². The molecular formula is C27H27Cl3N2O3. The number of carbonyl (C=O) groups is 2. The largest absolute Gasteiger partial charge is 0.484 e. The lowest BCUT2D eigenvalue weighted by Crippen LogP contribution is -2.51. The predicted octanol–water partition coefficient (Wildman–Crippen LogP) is 6.19. The minimum Gasteiger partial charge on any atom is -0.484 e. The van der Waals surface area contributed by atoms with Crippen LogP contribution in [0.1, 0.15) is 24.5 Å². The van der Waals surface area contributed by atoms with E-state index in [0.29, 0.717) is 39.3 Å². The van der Waals surface area contributed by atoms with Crippen molar-refractivity contribution < 1.29 is 14.3 Å². The third-order valence-electron chi connectivity index (χ3n) is 5.37. The van der Waals surface area contributed by atoms with Gasteiger partial charge in [0.05, 0.1) is 0 Å². The molecule has 5 nitrogen and oxygen atoms in total. The summed E-state index contributed by atoms with van der Waals surface area (Å²) in [5.41, 5.74) is 1.48. The van der Waals surface area contributed by atoms with Crippen LogP contribution in [0.5, 0.6) is 5.75 Å². The molecule has 8 heteroatoms. The van der Waals surface area contributed by atoms with Crippen LogP contribution in [0.2, 0.25) is 15.1 Å². The maximum absolute atomic E-state index is 13.5. The van der Waals surface area contributed by atoms with Gasteiger partial charge in [0, 0.05) is 40.1 Å². The molecule has 0 radical (unpaired) electrons. The van der Waals surface area contributed by atoms with Gasteiger partial charge in [-0.1, -0.05) is 84.2 Å². The first-order valence-electron chi connectivity index (χ1n) is 11.3. The summed E-state index contributed by atoms with van der Waals surface area (Å²) < 4.78 is 5.72. The van der Waals surface area contributed by atoms with Gasteiger partial charge >= 0.3 is 0 Å². The quantitative estimate of drug-likeness (QED) is 0.320. The van der Waals surface area contributed by atoms with Crippen molar-refractivity contribution in [3.8, 4) is 5.75 Å². The Labute approximate surface area is 220 Å². The van der Waals surface area contributed by atoms with Crippen LogP contribution < -0.4 is 10.1 Å². The van der Waals surface area contributed by atoms with Crippen molar-refractivity contribution in [2.24, 2.45) is 0 Å². The number of nitrogens with one attached hydrogen (secondary N) is 1. The van der Waals surface area contributed by atoms with E-state index >= 15 is 0 Å². The van der Waals surface area contributed by atoms with Crippen molar-refractivity contribution in [1.29, 1.82) is 0 Å². The monoisotopic (exact) mass is 532 g/mol. The number of benzene rings is 3. The van der Waals surface area contributed by atoms with Crippen LogP contribution in [0, 0.1) is 0 Å². The Kier molecular flexibility index (Phi) is 10.3. The van der Waals surface area contributed by atoms with E-state index in [2.05, 4.69) is 5.32 Å². The van der Waals surface area contributed by atoms with Crippen molar-refractivity contribution in [3.05, 3.63) is 99.0 Å². The molecule has 184 valence electrons. The molecule has 1 atom stereocenters. The fourth-order valence-corrected chi connectivity index (χ4v) is 4.26. The highest BCUT2D eigenvalue weighted by atomic mass is 35.5. The molecule has 3 aromatic rings. The van der Waals surface area contributed by atoms with Crippen LogP contribution in [0.15, 0.2) is 72.8 Å². The number of halogens is 3. The molecule has 3 rings (SSSR count). The summed E-state index contributed by atoms with van der Waals surface area (Å²) in [5.74, 6) is -0.180. The Morgan fingerprint density at radius 3 is 2.29 bits per heavy atom. The van der Waals surface area contributed by atoms with Crippen LogP contribution in [0.3, 0.4) is 0 Å². The highest BCUT2D eigenvalue weighted by Crippen LogP contribution is 2.27. The molecule has 0 aromatic heterocycles. The van der Waals surface area contributed by atoms with Gasteiger partial charge in [-0.25, -0.2) is 0 Å². The SMILES string of the molecule is CCCNC(=O)[C@@H](Cc1ccccc1)N(Cc1c(Cl)cccc1Cl)C(=O)COc1cccc(Cl)c1. The Balaban J connectivity index is 1.94. The van der Waals surface area contributed by atoms with Gasteiger partial charge in [0.2, 0.25) is 5.91 Å². The van der Waals surface area contributed by atoms with Crippen molar-refractivity contribution in [1.82, 2.24) is 10.2 Å². The third-order valence-corrected chi connectivity index (χ3v) is 6.31. The number of ether oxygens (including phenoxy) is 1. The fourth-order valence-electron chi connectivity index (χ4n) is 3.56. The fraction of sp³-hybridized carbons (Fsp3) is 0.259. The molecule has 0 fully saturated rings. The number of amides is 2. The topological polar surface area (TPSA) is 58.6 Å².